The minimum absolute atomic E-state index is 0.0719. The minimum atomic E-state index is -1.03. The maximum atomic E-state index is 11.4. The van der Waals surface area contributed by atoms with Gasteiger partial charge in [-0.05, 0) is 12.8 Å². The number of hydrogen-bond donors (Lipinski definition) is 3. The van der Waals surface area contributed by atoms with Crippen LogP contribution in [0.4, 0.5) is 4.79 Å². The Kier molecular flexibility index (Phi) is 6.66. The normalized spacial score (nSPS) is 23.3. The molecule has 0 aliphatic carbocycles. The summed E-state index contributed by atoms with van der Waals surface area (Å²) in [6, 6.07) is -0.228. The summed E-state index contributed by atoms with van der Waals surface area (Å²) in [7, 11) is -0.736. The summed E-state index contributed by atoms with van der Waals surface area (Å²) in [4.78, 5) is 21.6. The van der Waals surface area contributed by atoms with Crippen LogP contribution in [-0.4, -0.2) is 58.6 Å². The molecular weight excluding hydrogens is 260 g/mol. The molecule has 1 aliphatic rings. The van der Waals surface area contributed by atoms with E-state index in [1.165, 1.54) is 0 Å². The zero-order valence-electron chi connectivity index (χ0n) is 10.0. The average Bonchev–Trinajstić information content (AvgIpc) is 2.31. The molecule has 1 heterocycles. The number of ether oxygens (including phenoxy) is 1. The van der Waals surface area contributed by atoms with Crippen LogP contribution >= 0.6 is 0 Å². The van der Waals surface area contributed by atoms with E-state index < -0.39 is 16.8 Å². The Hall–Kier alpha value is -1.15. The van der Waals surface area contributed by atoms with Crippen molar-refractivity contribution in [2.45, 2.75) is 18.9 Å². The number of hydrogen-bond acceptors (Lipinski definition) is 4. The second kappa shape index (κ2) is 8.04. The van der Waals surface area contributed by atoms with Crippen LogP contribution in [0.15, 0.2) is 0 Å². The molecule has 0 bridgehead atoms. The highest BCUT2D eigenvalue weighted by molar-refractivity contribution is 7.85. The van der Waals surface area contributed by atoms with Crippen molar-refractivity contribution in [3.8, 4) is 0 Å². The summed E-state index contributed by atoms with van der Waals surface area (Å²) >= 11 is 0. The monoisotopic (exact) mass is 278 g/mol. The Labute approximate surface area is 108 Å². The molecule has 0 saturated carbocycles. The van der Waals surface area contributed by atoms with Gasteiger partial charge in [-0.15, -0.1) is 0 Å². The summed E-state index contributed by atoms with van der Waals surface area (Å²) in [6.07, 6.45) is 1.46. The second-order valence-electron chi connectivity index (χ2n) is 3.97. The second-order valence-corrected chi connectivity index (χ2v) is 5.67. The fraction of sp³-hybridized carbons (Fsp3) is 0.800. The van der Waals surface area contributed by atoms with Crippen LogP contribution < -0.4 is 10.6 Å². The first-order valence-corrected chi connectivity index (χ1v) is 7.25. The third kappa shape index (κ3) is 6.55. The van der Waals surface area contributed by atoms with Gasteiger partial charge in [-0.2, -0.15) is 0 Å². The number of nitrogens with one attached hydrogen (secondary N) is 2. The molecule has 1 fully saturated rings. The van der Waals surface area contributed by atoms with Gasteiger partial charge in [-0.3, -0.25) is 4.21 Å². The standard InChI is InChI=1S/C10H18N2O5S/c13-9(14)7-17-4-3-11-10(15)12-8-1-5-18(16)6-2-8/h8H,1-7H2,(H,13,14)(H2,11,12,15). The summed E-state index contributed by atoms with van der Waals surface area (Å²) in [5.41, 5.74) is 0. The highest BCUT2D eigenvalue weighted by Gasteiger charge is 2.19. The number of carbonyl (C=O) groups is 2. The molecule has 0 aromatic rings. The van der Waals surface area contributed by atoms with Gasteiger partial charge in [-0.1, -0.05) is 0 Å². The summed E-state index contributed by atoms with van der Waals surface area (Å²) in [6.45, 7) is 0.0594. The van der Waals surface area contributed by atoms with Gasteiger partial charge in [0.05, 0.1) is 6.61 Å². The van der Waals surface area contributed by atoms with Gasteiger partial charge in [0.1, 0.15) is 6.61 Å². The first-order chi connectivity index (χ1) is 8.58. The predicted molar refractivity (Wildman–Crippen MR) is 65.9 cm³/mol. The van der Waals surface area contributed by atoms with Crippen LogP contribution in [0.3, 0.4) is 0 Å². The zero-order valence-corrected chi connectivity index (χ0v) is 10.8. The minimum Gasteiger partial charge on any atom is -0.480 e. The molecule has 0 atom stereocenters. The van der Waals surface area contributed by atoms with E-state index in [1.807, 2.05) is 0 Å². The van der Waals surface area contributed by atoms with Crippen molar-refractivity contribution in [1.29, 1.82) is 0 Å². The van der Waals surface area contributed by atoms with E-state index in [1.54, 1.807) is 0 Å². The van der Waals surface area contributed by atoms with Crippen molar-refractivity contribution >= 4 is 22.8 Å². The molecule has 1 aliphatic heterocycles. The van der Waals surface area contributed by atoms with Crippen molar-refractivity contribution in [2.75, 3.05) is 31.3 Å². The average molecular weight is 278 g/mol. The lowest BCUT2D eigenvalue weighted by Crippen LogP contribution is -2.45. The first kappa shape index (κ1) is 14.9. The third-order valence-electron chi connectivity index (χ3n) is 2.48. The third-order valence-corrected chi connectivity index (χ3v) is 3.86. The molecule has 3 N–H and O–H groups in total. The molecule has 8 heteroatoms. The van der Waals surface area contributed by atoms with Crippen LogP contribution in [-0.2, 0) is 20.3 Å². The van der Waals surface area contributed by atoms with Gasteiger partial charge in [0.2, 0.25) is 0 Å². The number of carbonyl (C=O) groups excluding carboxylic acids is 1. The summed E-state index contributed by atoms with van der Waals surface area (Å²) in [5, 5.41) is 13.7. The van der Waals surface area contributed by atoms with Gasteiger partial charge in [-0.25, -0.2) is 9.59 Å². The Morgan fingerprint density at radius 1 is 1.33 bits per heavy atom. The summed E-state index contributed by atoms with van der Waals surface area (Å²) in [5.74, 6) is 0.231. The van der Waals surface area contributed by atoms with Crippen LogP contribution in [0.5, 0.6) is 0 Å². The number of carboxylic acid groups (broad SMARTS) is 1. The molecule has 0 aromatic heterocycles. The molecular formula is C10H18N2O5S. The highest BCUT2D eigenvalue weighted by Crippen LogP contribution is 2.08. The zero-order chi connectivity index (χ0) is 13.4. The van der Waals surface area contributed by atoms with Crippen molar-refractivity contribution in [1.82, 2.24) is 10.6 Å². The van der Waals surface area contributed by atoms with Gasteiger partial charge in [0.15, 0.2) is 0 Å². The van der Waals surface area contributed by atoms with Gasteiger partial charge in [0, 0.05) is 34.9 Å². The van der Waals surface area contributed by atoms with E-state index in [0.717, 1.165) is 12.8 Å². The lowest BCUT2D eigenvalue weighted by molar-refractivity contribution is -0.142. The number of carboxylic acids is 1. The summed E-state index contributed by atoms with van der Waals surface area (Å²) < 4.78 is 15.9. The number of urea groups is 1. The molecule has 0 radical (unpaired) electrons. The van der Waals surface area contributed by atoms with Crippen molar-refractivity contribution in [2.24, 2.45) is 0 Å². The molecule has 7 nitrogen and oxygen atoms in total. The predicted octanol–water partition coefficient (Wildman–Crippen LogP) is -0.702. The maximum absolute atomic E-state index is 11.4. The highest BCUT2D eigenvalue weighted by atomic mass is 32.2. The van der Waals surface area contributed by atoms with Crippen molar-refractivity contribution in [3.63, 3.8) is 0 Å². The van der Waals surface area contributed by atoms with Gasteiger partial charge in [0.25, 0.3) is 0 Å². The molecule has 1 rings (SSSR count). The number of rotatable bonds is 6. The fourth-order valence-electron chi connectivity index (χ4n) is 1.57. The Bertz CT molecular complexity index is 313. The molecule has 1 saturated heterocycles. The van der Waals surface area contributed by atoms with E-state index >= 15 is 0 Å². The Balaban J connectivity index is 2.03. The van der Waals surface area contributed by atoms with Crippen LogP contribution in [0.25, 0.3) is 0 Å². The lowest BCUT2D eigenvalue weighted by atomic mass is 10.2. The smallest absolute Gasteiger partial charge is 0.329 e. The lowest BCUT2D eigenvalue weighted by Gasteiger charge is -2.22. The SMILES string of the molecule is O=C(O)COCCNC(=O)NC1CCS(=O)CC1. The molecule has 18 heavy (non-hydrogen) atoms. The van der Waals surface area contributed by atoms with E-state index in [4.69, 9.17) is 9.84 Å². The van der Waals surface area contributed by atoms with E-state index in [2.05, 4.69) is 10.6 Å². The van der Waals surface area contributed by atoms with Gasteiger partial charge < -0.3 is 20.5 Å². The molecule has 104 valence electrons. The first-order valence-electron chi connectivity index (χ1n) is 5.77. The fourth-order valence-corrected chi connectivity index (χ4v) is 2.87. The molecule has 2 amide bonds. The van der Waals surface area contributed by atoms with Crippen LogP contribution in [0.1, 0.15) is 12.8 Å². The topological polar surface area (TPSA) is 105 Å². The molecule has 0 spiro atoms. The largest absolute Gasteiger partial charge is 0.480 e. The van der Waals surface area contributed by atoms with Crippen molar-refractivity contribution < 1.29 is 23.6 Å². The van der Waals surface area contributed by atoms with Crippen LogP contribution in [0.2, 0.25) is 0 Å². The number of aliphatic carboxylic acids is 1. The van der Waals surface area contributed by atoms with Crippen molar-refractivity contribution in [3.05, 3.63) is 0 Å². The van der Waals surface area contributed by atoms with E-state index in [9.17, 15) is 13.8 Å². The van der Waals surface area contributed by atoms with Gasteiger partial charge >= 0.3 is 12.0 Å². The van der Waals surface area contributed by atoms with Crippen LogP contribution in [0, 0.1) is 0 Å². The molecule has 0 aromatic carbocycles. The van der Waals surface area contributed by atoms with E-state index in [-0.39, 0.29) is 31.8 Å². The quantitative estimate of drug-likeness (QED) is 0.557. The molecule has 0 unspecified atom stereocenters. The maximum Gasteiger partial charge on any atom is 0.329 e. The van der Waals surface area contributed by atoms with E-state index in [0.29, 0.717) is 11.5 Å². The Morgan fingerprint density at radius 3 is 2.61 bits per heavy atom. The number of amides is 2. The Morgan fingerprint density at radius 2 is 2.00 bits per heavy atom.